The molecule has 4 N–H and O–H groups in total. The third-order valence-corrected chi connectivity index (χ3v) is 7.95. The van der Waals surface area contributed by atoms with Crippen molar-refractivity contribution in [3.05, 3.63) is 11.6 Å². The molecule has 0 aromatic carbocycles. The summed E-state index contributed by atoms with van der Waals surface area (Å²) in [7, 11) is 0. The van der Waals surface area contributed by atoms with Crippen LogP contribution in [-0.2, 0) is 4.79 Å². The van der Waals surface area contributed by atoms with Gasteiger partial charge in [-0.3, -0.25) is 9.69 Å². The van der Waals surface area contributed by atoms with Crippen molar-refractivity contribution in [1.82, 2.24) is 20.4 Å². The van der Waals surface area contributed by atoms with E-state index in [1.807, 2.05) is 13.8 Å². The number of carbonyl (C=O) groups excluding carboxylic acids is 2. The van der Waals surface area contributed by atoms with E-state index < -0.39 is 0 Å². The molecule has 0 aromatic rings. The van der Waals surface area contributed by atoms with E-state index in [2.05, 4.69) is 52.6 Å². The van der Waals surface area contributed by atoms with Crippen LogP contribution in [0.1, 0.15) is 66.7 Å². The number of carbonyl (C=O) groups is 2. The molecule has 2 saturated heterocycles. The van der Waals surface area contributed by atoms with E-state index in [4.69, 9.17) is 0 Å². The monoisotopic (exact) mass is 462 g/mol. The predicted molar refractivity (Wildman–Crippen MR) is 133 cm³/mol. The fourth-order valence-corrected chi connectivity index (χ4v) is 5.93. The summed E-state index contributed by atoms with van der Waals surface area (Å²) in [4.78, 5) is 29.9. The summed E-state index contributed by atoms with van der Waals surface area (Å²) in [5.41, 5.74) is 1.31. The summed E-state index contributed by atoms with van der Waals surface area (Å²) in [5.74, 6) is 1.95. The Hall–Kier alpha value is -1.60. The molecule has 0 saturated carbocycles. The summed E-state index contributed by atoms with van der Waals surface area (Å²) >= 11 is 0. The maximum atomic E-state index is 13.2. The molecule has 188 valence electrons. The van der Waals surface area contributed by atoms with Crippen molar-refractivity contribution < 1.29 is 14.9 Å². The number of nitrogens with one attached hydrogen (secondary N) is 2. The molecule has 1 aliphatic carbocycles. The molecule has 0 spiro atoms. The fraction of sp³-hybridized carbons (Fsp3) is 0.846. The third kappa shape index (κ3) is 7.44. The van der Waals surface area contributed by atoms with Gasteiger partial charge in [0.1, 0.15) is 6.17 Å². The zero-order valence-corrected chi connectivity index (χ0v) is 21.6. The average molecular weight is 463 g/mol. The quantitative estimate of drug-likeness (QED) is 0.507. The number of hydrogen-bond donors (Lipinski definition) is 3. The van der Waals surface area contributed by atoms with E-state index >= 15 is 0 Å². The van der Waals surface area contributed by atoms with Crippen LogP contribution in [0, 0.1) is 23.7 Å². The highest BCUT2D eigenvalue weighted by atomic mass is 16.2. The van der Waals surface area contributed by atoms with Gasteiger partial charge in [0.15, 0.2) is 0 Å². The van der Waals surface area contributed by atoms with E-state index in [-0.39, 0.29) is 12.1 Å². The summed E-state index contributed by atoms with van der Waals surface area (Å²) < 4.78 is 0. The Morgan fingerprint density at radius 2 is 1.85 bits per heavy atom. The van der Waals surface area contributed by atoms with Crippen LogP contribution in [0.25, 0.3) is 0 Å². The van der Waals surface area contributed by atoms with Crippen LogP contribution < -0.4 is 16.0 Å². The Labute approximate surface area is 201 Å². The van der Waals surface area contributed by atoms with Gasteiger partial charge in [-0.05, 0) is 63.7 Å². The minimum atomic E-state index is -0.0965. The normalized spacial score (nSPS) is 29.2. The topological polar surface area (TPSA) is 81.3 Å². The van der Waals surface area contributed by atoms with Crippen molar-refractivity contribution >= 4 is 11.9 Å². The average Bonchev–Trinajstić information content (AvgIpc) is 2.79. The van der Waals surface area contributed by atoms with Crippen LogP contribution in [0.3, 0.4) is 0 Å². The van der Waals surface area contributed by atoms with Gasteiger partial charge >= 0.3 is 6.03 Å². The molecule has 1 unspecified atom stereocenters. The molecule has 7 nitrogen and oxygen atoms in total. The molecule has 0 bridgehead atoms. The fourth-order valence-electron chi connectivity index (χ4n) is 5.93. The number of allylic oxidation sites excluding steroid dienone is 1. The zero-order chi connectivity index (χ0) is 24.0. The molecule has 2 fully saturated rings. The van der Waals surface area contributed by atoms with Crippen LogP contribution in [0.2, 0.25) is 0 Å². The Morgan fingerprint density at radius 1 is 1.12 bits per heavy atom. The van der Waals surface area contributed by atoms with Crippen molar-refractivity contribution in [2.24, 2.45) is 23.7 Å². The van der Waals surface area contributed by atoms with Crippen LogP contribution in [0.15, 0.2) is 11.6 Å². The molecule has 33 heavy (non-hydrogen) atoms. The van der Waals surface area contributed by atoms with Gasteiger partial charge in [0.2, 0.25) is 5.91 Å². The van der Waals surface area contributed by atoms with Gasteiger partial charge < -0.3 is 20.9 Å². The Morgan fingerprint density at radius 3 is 2.45 bits per heavy atom. The summed E-state index contributed by atoms with van der Waals surface area (Å²) in [6.45, 7) is 16.3. The van der Waals surface area contributed by atoms with Gasteiger partial charge in [0, 0.05) is 51.6 Å². The molecular formula is C26H48N5O2+. The standard InChI is InChI=1S/C26H47N5O2/c1-18(2)23-15-21(20(5)14-22(23)17-28-26(33)29-19(3)4)16-25(32)31-12-10-30(11-13-31)24-8-6-7-9-27-24/h14,18-19,21-24,27H,6-13,15-17H2,1-5H3,(H2,28,29,33)/p+1/t21-,22-,23-,24?/m0/s1. The molecule has 7 heteroatoms. The molecular weight excluding hydrogens is 414 g/mol. The van der Waals surface area contributed by atoms with E-state index in [9.17, 15) is 9.59 Å². The second-order valence-corrected chi connectivity index (χ2v) is 11.1. The first-order chi connectivity index (χ1) is 15.7. The smallest absolute Gasteiger partial charge is 0.315 e. The van der Waals surface area contributed by atoms with Gasteiger partial charge in [-0.2, -0.15) is 0 Å². The lowest BCUT2D eigenvalue weighted by Gasteiger charge is -2.40. The van der Waals surface area contributed by atoms with Crippen molar-refractivity contribution in [2.75, 3.05) is 39.3 Å². The van der Waals surface area contributed by atoms with Gasteiger partial charge in [0.05, 0.1) is 6.54 Å². The van der Waals surface area contributed by atoms with E-state index in [1.54, 1.807) is 0 Å². The maximum absolute atomic E-state index is 13.2. The lowest BCUT2D eigenvalue weighted by Crippen LogP contribution is -2.95. The van der Waals surface area contributed by atoms with Crippen molar-refractivity contribution in [1.29, 1.82) is 0 Å². The van der Waals surface area contributed by atoms with Crippen molar-refractivity contribution in [3.63, 3.8) is 0 Å². The lowest BCUT2D eigenvalue weighted by atomic mass is 9.69. The minimum Gasteiger partial charge on any atom is -0.340 e. The second kappa shape index (κ2) is 12.2. The Balaban J connectivity index is 1.51. The number of urea groups is 1. The molecule has 4 atom stereocenters. The number of nitrogens with two attached hydrogens (primary N) is 1. The minimum absolute atomic E-state index is 0.0965. The number of rotatable bonds is 7. The first-order valence-electron chi connectivity index (χ1n) is 13.3. The number of amides is 3. The van der Waals surface area contributed by atoms with E-state index in [0.717, 1.165) is 32.6 Å². The Kier molecular flexibility index (Phi) is 9.62. The van der Waals surface area contributed by atoms with Gasteiger partial charge in [0.25, 0.3) is 0 Å². The molecule has 3 rings (SSSR count). The highest BCUT2D eigenvalue weighted by Crippen LogP contribution is 2.39. The van der Waals surface area contributed by atoms with Gasteiger partial charge in [-0.15, -0.1) is 0 Å². The first-order valence-corrected chi connectivity index (χ1v) is 13.3. The molecule has 3 aliphatic rings. The molecule has 3 amide bonds. The van der Waals surface area contributed by atoms with Crippen LogP contribution in [-0.4, -0.2) is 73.2 Å². The van der Waals surface area contributed by atoms with Crippen LogP contribution >= 0.6 is 0 Å². The lowest BCUT2D eigenvalue weighted by molar-refractivity contribution is -0.717. The number of nitrogens with zero attached hydrogens (tertiary/aromatic N) is 2. The predicted octanol–water partition coefficient (Wildman–Crippen LogP) is 2.16. The highest BCUT2D eigenvalue weighted by Gasteiger charge is 2.35. The van der Waals surface area contributed by atoms with E-state index in [0.29, 0.717) is 48.7 Å². The first kappa shape index (κ1) is 26.0. The van der Waals surface area contributed by atoms with Crippen LogP contribution in [0.5, 0.6) is 0 Å². The molecule has 2 heterocycles. The largest absolute Gasteiger partial charge is 0.340 e. The SMILES string of the molecule is CC1=C[C@@H](CNC(=O)NC(C)C)[C@H](C(C)C)C[C@H]1CC(=O)N1CCN(C2CCCC[NH2+]2)CC1. The summed E-state index contributed by atoms with van der Waals surface area (Å²) in [5, 5.41) is 8.44. The molecule has 0 radical (unpaired) electrons. The number of quaternary nitrogens is 1. The maximum Gasteiger partial charge on any atom is 0.315 e. The number of piperazine rings is 1. The van der Waals surface area contributed by atoms with Gasteiger partial charge in [-0.1, -0.05) is 25.5 Å². The summed E-state index contributed by atoms with van der Waals surface area (Å²) in [6.07, 6.45) is 8.56. The molecule has 2 aliphatic heterocycles. The number of piperidine rings is 1. The second-order valence-electron chi connectivity index (χ2n) is 11.1. The van der Waals surface area contributed by atoms with E-state index in [1.165, 1.54) is 31.4 Å². The van der Waals surface area contributed by atoms with Crippen LogP contribution in [0.4, 0.5) is 4.79 Å². The van der Waals surface area contributed by atoms with Crippen molar-refractivity contribution in [2.45, 2.75) is 78.9 Å². The molecule has 0 aromatic heterocycles. The van der Waals surface area contributed by atoms with Gasteiger partial charge in [-0.25, -0.2) is 4.79 Å². The third-order valence-electron chi connectivity index (χ3n) is 7.95. The number of hydrogen-bond acceptors (Lipinski definition) is 3. The highest BCUT2D eigenvalue weighted by molar-refractivity contribution is 5.77. The Bertz CT molecular complexity index is 678. The summed E-state index contributed by atoms with van der Waals surface area (Å²) in [6, 6.07) is 0.0356. The van der Waals surface area contributed by atoms with Crippen molar-refractivity contribution in [3.8, 4) is 0 Å². The zero-order valence-electron chi connectivity index (χ0n) is 21.6.